The highest BCUT2D eigenvalue weighted by molar-refractivity contribution is 7.92. The van der Waals surface area contributed by atoms with E-state index >= 15 is 0 Å². The lowest BCUT2D eigenvalue weighted by Crippen LogP contribution is -2.36. The third-order valence-corrected chi connectivity index (χ3v) is 5.18. The fourth-order valence-electron chi connectivity index (χ4n) is 2.55. The summed E-state index contributed by atoms with van der Waals surface area (Å²) in [6.07, 6.45) is 0. The van der Waals surface area contributed by atoms with Gasteiger partial charge in [0.05, 0.1) is 41.1 Å². The van der Waals surface area contributed by atoms with Crippen LogP contribution in [-0.2, 0) is 14.8 Å². The van der Waals surface area contributed by atoms with Crippen LogP contribution in [0.1, 0.15) is 5.56 Å². The summed E-state index contributed by atoms with van der Waals surface area (Å²) in [5, 5.41) is 8.82. The number of benzene rings is 2. The molecule has 0 amide bonds. The molecule has 2 aromatic carbocycles. The zero-order valence-electron chi connectivity index (χ0n) is 13.0. The van der Waals surface area contributed by atoms with E-state index in [1.54, 1.807) is 12.1 Å². The molecule has 6 nitrogen and oxygen atoms in total. The number of nitriles is 1. The van der Waals surface area contributed by atoms with Gasteiger partial charge in [-0.25, -0.2) is 8.42 Å². The Kier molecular flexibility index (Phi) is 4.69. The normalized spacial score (nSPS) is 14.9. The number of hydrogen-bond donors (Lipinski definition) is 1. The molecule has 0 unspecified atom stereocenters. The predicted molar refractivity (Wildman–Crippen MR) is 91.4 cm³/mol. The van der Waals surface area contributed by atoms with Gasteiger partial charge in [0.25, 0.3) is 10.0 Å². The van der Waals surface area contributed by atoms with Crippen LogP contribution in [-0.4, -0.2) is 34.7 Å². The van der Waals surface area contributed by atoms with Crippen LogP contribution in [0.5, 0.6) is 0 Å². The molecule has 2 aromatic rings. The van der Waals surface area contributed by atoms with Crippen molar-refractivity contribution < 1.29 is 13.2 Å². The summed E-state index contributed by atoms with van der Waals surface area (Å²) in [4.78, 5) is 2.22. The molecular weight excluding hydrogens is 326 g/mol. The smallest absolute Gasteiger partial charge is 0.261 e. The Morgan fingerprint density at radius 3 is 2.38 bits per heavy atom. The van der Waals surface area contributed by atoms with Crippen molar-refractivity contribution in [1.82, 2.24) is 0 Å². The Morgan fingerprint density at radius 2 is 1.71 bits per heavy atom. The molecule has 0 radical (unpaired) electrons. The molecule has 0 atom stereocenters. The van der Waals surface area contributed by atoms with Crippen molar-refractivity contribution in [3.05, 3.63) is 54.1 Å². The fourth-order valence-corrected chi connectivity index (χ4v) is 3.63. The lowest BCUT2D eigenvalue weighted by atomic mass is 10.2. The van der Waals surface area contributed by atoms with Crippen molar-refractivity contribution in [2.75, 3.05) is 35.9 Å². The number of nitrogens with zero attached hydrogens (tertiary/aromatic N) is 2. The van der Waals surface area contributed by atoms with Crippen molar-refractivity contribution in [1.29, 1.82) is 5.26 Å². The van der Waals surface area contributed by atoms with Crippen molar-refractivity contribution in [3.8, 4) is 6.07 Å². The second kappa shape index (κ2) is 6.91. The van der Waals surface area contributed by atoms with Crippen molar-refractivity contribution in [3.63, 3.8) is 0 Å². The second-order valence-electron chi connectivity index (χ2n) is 5.36. The Balaban J connectivity index is 1.88. The van der Waals surface area contributed by atoms with Crippen LogP contribution >= 0.6 is 0 Å². The van der Waals surface area contributed by atoms with Gasteiger partial charge in [-0.2, -0.15) is 5.26 Å². The SMILES string of the molecule is N#Cc1ccc(S(=O)(=O)Nc2ccccc2N2CCOCC2)cc1. The van der Waals surface area contributed by atoms with Gasteiger partial charge in [-0.1, -0.05) is 12.1 Å². The van der Waals surface area contributed by atoms with Gasteiger partial charge in [-0.05, 0) is 36.4 Å². The molecule has 1 fully saturated rings. The topological polar surface area (TPSA) is 82.4 Å². The van der Waals surface area contributed by atoms with E-state index in [4.69, 9.17) is 10.00 Å². The van der Waals surface area contributed by atoms with Crippen LogP contribution < -0.4 is 9.62 Å². The number of para-hydroxylation sites is 2. The van der Waals surface area contributed by atoms with E-state index in [1.807, 2.05) is 18.2 Å². The quantitative estimate of drug-likeness (QED) is 0.920. The van der Waals surface area contributed by atoms with Crippen molar-refractivity contribution in [2.24, 2.45) is 0 Å². The molecule has 0 bridgehead atoms. The van der Waals surface area contributed by atoms with Crippen LogP contribution in [0.25, 0.3) is 0 Å². The zero-order valence-corrected chi connectivity index (χ0v) is 13.8. The van der Waals surface area contributed by atoms with E-state index in [2.05, 4.69) is 9.62 Å². The minimum atomic E-state index is -3.72. The maximum absolute atomic E-state index is 12.6. The summed E-state index contributed by atoms with van der Waals surface area (Å²) in [5.74, 6) is 0. The van der Waals surface area contributed by atoms with Crippen LogP contribution in [0.4, 0.5) is 11.4 Å². The Labute approximate surface area is 141 Å². The highest BCUT2D eigenvalue weighted by atomic mass is 32.2. The molecule has 1 aliphatic heterocycles. The van der Waals surface area contributed by atoms with Crippen molar-refractivity contribution >= 4 is 21.4 Å². The van der Waals surface area contributed by atoms with E-state index in [0.717, 1.165) is 18.8 Å². The molecule has 3 rings (SSSR count). The lowest BCUT2D eigenvalue weighted by Gasteiger charge is -2.30. The number of anilines is 2. The fraction of sp³-hybridized carbons (Fsp3) is 0.235. The number of hydrogen-bond acceptors (Lipinski definition) is 5. The maximum atomic E-state index is 12.6. The van der Waals surface area contributed by atoms with Gasteiger partial charge < -0.3 is 9.64 Å². The monoisotopic (exact) mass is 343 g/mol. The van der Waals surface area contributed by atoms with Crippen LogP contribution in [0.3, 0.4) is 0 Å². The molecule has 1 saturated heterocycles. The molecule has 124 valence electrons. The summed E-state index contributed by atoms with van der Waals surface area (Å²) in [5.41, 5.74) is 1.78. The summed E-state index contributed by atoms with van der Waals surface area (Å²) in [6.45, 7) is 2.68. The Hall–Kier alpha value is -2.56. The Bertz CT molecular complexity index is 851. The first-order valence-electron chi connectivity index (χ1n) is 7.55. The first-order valence-corrected chi connectivity index (χ1v) is 9.03. The summed E-state index contributed by atoms with van der Waals surface area (Å²) in [6, 6.07) is 15.1. The number of nitrogens with one attached hydrogen (secondary N) is 1. The molecule has 7 heteroatoms. The van der Waals surface area contributed by atoms with Crippen molar-refractivity contribution in [2.45, 2.75) is 4.90 Å². The Morgan fingerprint density at radius 1 is 1.04 bits per heavy atom. The number of ether oxygens (including phenoxy) is 1. The highest BCUT2D eigenvalue weighted by Crippen LogP contribution is 2.28. The average molecular weight is 343 g/mol. The van der Waals surface area contributed by atoms with Crippen LogP contribution in [0.2, 0.25) is 0 Å². The minimum Gasteiger partial charge on any atom is -0.378 e. The van der Waals surface area contributed by atoms with Gasteiger partial charge in [-0.3, -0.25) is 4.72 Å². The minimum absolute atomic E-state index is 0.123. The standard InChI is InChI=1S/C17H17N3O3S/c18-13-14-5-7-15(8-6-14)24(21,22)19-16-3-1-2-4-17(16)20-9-11-23-12-10-20/h1-8,19H,9-12H2. The van der Waals surface area contributed by atoms with Crippen LogP contribution in [0.15, 0.2) is 53.4 Å². The van der Waals surface area contributed by atoms with Crippen LogP contribution in [0, 0.1) is 11.3 Å². The first kappa shape index (κ1) is 16.3. The third-order valence-electron chi connectivity index (χ3n) is 3.79. The highest BCUT2D eigenvalue weighted by Gasteiger charge is 2.19. The van der Waals surface area contributed by atoms with Gasteiger partial charge >= 0.3 is 0 Å². The van der Waals surface area contributed by atoms with E-state index in [0.29, 0.717) is 24.5 Å². The predicted octanol–water partition coefficient (Wildman–Crippen LogP) is 2.20. The summed E-state index contributed by atoms with van der Waals surface area (Å²) >= 11 is 0. The molecular formula is C17H17N3O3S. The third kappa shape index (κ3) is 3.50. The van der Waals surface area contributed by atoms with Gasteiger partial charge in [-0.15, -0.1) is 0 Å². The zero-order chi connectivity index (χ0) is 17.0. The van der Waals surface area contributed by atoms with Gasteiger partial charge in [0, 0.05) is 13.1 Å². The average Bonchev–Trinajstić information content (AvgIpc) is 2.63. The molecule has 1 heterocycles. The first-order chi connectivity index (χ1) is 11.6. The van der Waals surface area contributed by atoms with Gasteiger partial charge in [0.2, 0.25) is 0 Å². The summed E-state index contributed by atoms with van der Waals surface area (Å²) in [7, 11) is -3.72. The number of sulfonamides is 1. The molecule has 24 heavy (non-hydrogen) atoms. The maximum Gasteiger partial charge on any atom is 0.261 e. The second-order valence-corrected chi connectivity index (χ2v) is 7.04. The van der Waals surface area contributed by atoms with E-state index in [1.165, 1.54) is 24.3 Å². The van der Waals surface area contributed by atoms with Gasteiger partial charge in [0.1, 0.15) is 0 Å². The molecule has 0 spiro atoms. The van der Waals surface area contributed by atoms with E-state index in [9.17, 15) is 8.42 Å². The largest absolute Gasteiger partial charge is 0.378 e. The molecule has 0 aliphatic carbocycles. The molecule has 1 N–H and O–H groups in total. The summed E-state index contributed by atoms with van der Waals surface area (Å²) < 4.78 is 33.2. The molecule has 0 aromatic heterocycles. The number of morpholine rings is 1. The molecule has 1 aliphatic rings. The lowest BCUT2D eigenvalue weighted by molar-refractivity contribution is 0.123. The molecule has 0 saturated carbocycles. The number of rotatable bonds is 4. The van der Waals surface area contributed by atoms with E-state index in [-0.39, 0.29) is 4.90 Å². The van der Waals surface area contributed by atoms with Gasteiger partial charge in [0.15, 0.2) is 0 Å². The van der Waals surface area contributed by atoms with E-state index < -0.39 is 10.0 Å².